The SMILES string of the molecule is CCOc1ccc(Nc2ccc(-c3nc(-c4ccc(F)cc4)no3)nn2)cc1. The van der Waals surface area contributed by atoms with E-state index in [1.165, 1.54) is 12.1 Å². The van der Waals surface area contributed by atoms with Gasteiger partial charge in [-0.1, -0.05) is 5.16 Å². The molecular weight excluding hydrogens is 361 g/mol. The molecule has 4 rings (SSSR count). The Kier molecular flexibility index (Phi) is 4.92. The van der Waals surface area contributed by atoms with Gasteiger partial charge in [0.15, 0.2) is 11.5 Å². The van der Waals surface area contributed by atoms with Gasteiger partial charge in [-0.15, -0.1) is 10.2 Å². The maximum atomic E-state index is 13.0. The molecule has 0 amide bonds. The highest BCUT2D eigenvalue weighted by Gasteiger charge is 2.12. The van der Waals surface area contributed by atoms with Gasteiger partial charge in [-0.05, 0) is 67.6 Å². The average Bonchev–Trinajstić information content (AvgIpc) is 3.21. The number of hydrogen-bond acceptors (Lipinski definition) is 7. The Morgan fingerprint density at radius 2 is 1.75 bits per heavy atom. The van der Waals surface area contributed by atoms with Crippen molar-refractivity contribution in [2.75, 3.05) is 11.9 Å². The first-order valence-corrected chi connectivity index (χ1v) is 8.65. The standard InChI is InChI=1S/C20H16FN5O2/c1-2-27-16-9-7-15(8-10-16)22-18-12-11-17(24-25-18)20-23-19(26-28-20)13-3-5-14(21)6-4-13/h3-12H,2H2,1H3,(H,22,25). The van der Waals surface area contributed by atoms with Crippen molar-refractivity contribution in [3.63, 3.8) is 0 Å². The minimum Gasteiger partial charge on any atom is -0.494 e. The van der Waals surface area contributed by atoms with E-state index in [0.717, 1.165) is 11.4 Å². The second-order valence-electron chi connectivity index (χ2n) is 5.82. The Bertz CT molecular complexity index is 1050. The third-order valence-corrected chi connectivity index (χ3v) is 3.85. The number of benzene rings is 2. The number of anilines is 2. The van der Waals surface area contributed by atoms with E-state index in [-0.39, 0.29) is 11.7 Å². The van der Waals surface area contributed by atoms with Crippen molar-refractivity contribution in [3.8, 4) is 28.7 Å². The summed E-state index contributed by atoms with van der Waals surface area (Å²) in [6.45, 7) is 2.56. The molecule has 0 bridgehead atoms. The first kappa shape index (κ1) is 17.6. The second kappa shape index (κ2) is 7.83. The Morgan fingerprint density at radius 1 is 0.964 bits per heavy atom. The fraction of sp³-hybridized carbons (Fsp3) is 0.100. The smallest absolute Gasteiger partial charge is 0.278 e. The molecule has 2 heterocycles. The zero-order valence-electron chi connectivity index (χ0n) is 15.0. The van der Waals surface area contributed by atoms with Gasteiger partial charge in [0.1, 0.15) is 11.6 Å². The van der Waals surface area contributed by atoms with Crippen molar-refractivity contribution >= 4 is 11.5 Å². The molecule has 0 aliphatic heterocycles. The molecule has 2 aromatic carbocycles. The number of nitrogens with one attached hydrogen (secondary N) is 1. The third-order valence-electron chi connectivity index (χ3n) is 3.85. The van der Waals surface area contributed by atoms with Crippen LogP contribution in [0.3, 0.4) is 0 Å². The Balaban J connectivity index is 1.46. The molecule has 28 heavy (non-hydrogen) atoms. The highest BCUT2D eigenvalue weighted by molar-refractivity contribution is 5.60. The minimum atomic E-state index is -0.325. The maximum Gasteiger partial charge on any atom is 0.278 e. The van der Waals surface area contributed by atoms with E-state index in [4.69, 9.17) is 9.26 Å². The zero-order chi connectivity index (χ0) is 19.3. The van der Waals surface area contributed by atoms with Gasteiger partial charge in [0.2, 0.25) is 5.82 Å². The summed E-state index contributed by atoms with van der Waals surface area (Å²) in [4.78, 5) is 4.28. The predicted octanol–water partition coefficient (Wildman–Crippen LogP) is 4.48. The number of rotatable bonds is 6. The molecule has 140 valence electrons. The van der Waals surface area contributed by atoms with Crippen LogP contribution < -0.4 is 10.1 Å². The summed E-state index contributed by atoms with van der Waals surface area (Å²) < 4.78 is 23.7. The molecule has 0 fully saturated rings. The molecule has 4 aromatic rings. The summed E-state index contributed by atoms with van der Waals surface area (Å²) in [6, 6.07) is 16.9. The highest BCUT2D eigenvalue weighted by Crippen LogP contribution is 2.22. The molecule has 2 aromatic heterocycles. The number of hydrogen-bond donors (Lipinski definition) is 1. The molecule has 0 atom stereocenters. The number of ether oxygens (including phenoxy) is 1. The Labute approximate surface area is 160 Å². The van der Waals surface area contributed by atoms with Crippen LogP contribution in [-0.4, -0.2) is 26.9 Å². The van der Waals surface area contributed by atoms with Crippen molar-refractivity contribution in [2.24, 2.45) is 0 Å². The van der Waals surface area contributed by atoms with Crippen molar-refractivity contribution in [2.45, 2.75) is 6.92 Å². The van der Waals surface area contributed by atoms with Crippen molar-refractivity contribution < 1.29 is 13.7 Å². The van der Waals surface area contributed by atoms with Crippen LogP contribution in [0.4, 0.5) is 15.9 Å². The Hall–Kier alpha value is -3.81. The first-order valence-electron chi connectivity index (χ1n) is 8.65. The average molecular weight is 377 g/mol. The molecule has 0 spiro atoms. The summed E-state index contributed by atoms with van der Waals surface area (Å²) in [6.07, 6.45) is 0. The van der Waals surface area contributed by atoms with E-state index >= 15 is 0 Å². The van der Waals surface area contributed by atoms with Gasteiger partial charge in [-0.3, -0.25) is 0 Å². The van der Waals surface area contributed by atoms with E-state index in [0.29, 0.717) is 29.5 Å². The van der Waals surface area contributed by atoms with Gasteiger partial charge in [0, 0.05) is 11.3 Å². The lowest BCUT2D eigenvalue weighted by Gasteiger charge is -2.07. The lowest BCUT2D eigenvalue weighted by atomic mass is 10.2. The van der Waals surface area contributed by atoms with Crippen LogP contribution >= 0.6 is 0 Å². The topological polar surface area (TPSA) is 86.0 Å². The summed E-state index contributed by atoms with van der Waals surface area (Å²) in [7, 11) is 0. The van der Waals surface area contributed by atoms with E-state index in [1.807, 2.05) is 31.2 Å². The predicted molar refractivity (Wildman–Crippen MR) is 102 cm³/mol. The molecule has 1 N–H and O–H groups in total. The molecule has 0 aliphatic rings. The zero-order valence-corrected chi connectivity index (χ0v) is 15.0. The van der Waals surface area contributed by atoms with Crippen LogP contribution in [-0.2, 0) is 0 Å². The summed E-state index contributed by atoms with van der Waals surface area (Å²) in [5.74, 6) is 1.65. The second-order valence-corrected chi connectivity index (χ2v) is 5.82. The third kappa shape index (κ3) is 3.96. The fourth-order valence-corrected chi connectivity index (χ4v) is 2.51. The van der Waals surface area contributed by atoms with Gasteiger partial charge in [0.05, 0.1) is 6.61 Å². The van der Waals surface area contributed by atoms with Crippen LogP contribution in [0.15, 0.2) is 65.2 Å². The van der Waals surface area contributed by atoms with E-state index in [9.17, 15) is 4.39 Å². The number of halogens is 1. The minimum absolute atomic E-state index is 0.236. The van der Waals surface area contributed by atoms with Crippen molar-refractivity contribution in [1.29, 1.82) is 0 Å². The lowest BCUT2D eigenvalue weighted by molar-refractivity contribution is 0.340. The van der Waals surface area contributed by atoms with Gasteiger partial charge >= 0.3 is 0 Å². The van der Waals surface area contributed by atoms with Gasteiger partial charge < -0.3 is 14.6 Å². The van der Waals surface area contributed by atoms with Gasteiger partial charge in [-0.2, -0.15) is 4.98 Å². The highest BCUT2D eigenvalue weighted by atomic mass is 19.1. The molecule has 0 radical (unpaired) electrons. The lowest BCUT2D eigenvalue weighted by Crippen LogP contribution is -1.97. The van der Waals surface area contributed by atoms with Crippen LogP contribution in [0, 0.1) is 5.82 Å². The van der Waals surface area contributed by atoms with Gasteiger partial charge in [-0.25, -0.2) is 4.39 Å². The van der Waals surface area contributed by atoms with Crippen LogP contribution in [0.5, 0.6) is 5.75 Å². The number of nitrogens with zero attached hydrogens (tertiary/aromatic N) is 4. The molecule has 0 saturated carbocycles. The monoisotopic (exact) mass is 377 g/mol. The van der Waals surface area contributed by atoms with E-state index < -0.39 is 0 Å². The summed E-state index contributed by atoms with van der Waals surface area (Å²) in [5, 5.41) is 15.3. The maximum absolute atomic E-state index is 13.0. The Morgan fingerprint density at radius 3 is 2.43 bits per heavy atom. The molecule has 0 unspecified atom stereocenters. The summed E-state index contributed by atoms with van der Waals surface area (Å²) >= 11 is 0. The number of aromatic nitrogens is 4. The molecule has 0 saturated heterocycles. The van der Waals surface area contributed by atoms with E-state index in [1.54, 1.807) is 24.3 Å². The molecular formula is C20H16FN5O2. The van der Waals surface area contributed by atoms with Crippen LogP contribution in [0.25, 0.3) is 23.0 Å². The molecule has 7 nitrogen and oxygen atoms in total. The fourth-order valence-electron chi connectivity index (χ4n) is 2.51. The molecule has 8 heteroatoms. The quantitative estimate of drug-likeness (QED) is 0.530. The van der Waals surface area contributed by atoms with Crippen molar-refractivity contribution in [1.82, 2.24) is 20.3 Å². The van der Waals surface area contributed by atoms with Crippen molar-refractivity contribution in [3.05, 3.63) is 66.5 Å². The van der Waals surface area contributed by atoms with Crippen LogP contribution in [0.1, 0.15) is 6.92 Å². The van der Waals surface area contributed by atoms with Crippen LogP contribution in [0.2, 0.25) is 0 Å². The summed E-state index contributed by atoms with van der Waals surface area (Å²) in [5.41, 5.74) is 1.96. The largest absolute Gasteiger partial charge is 0.494 e. The van der Waals surface area contributed by atoms with Gasteiger partial charge in [0.25, 0.3) is 5.89 Å². The van der Waals surface area contributed by atoms with E-state index in [2.05, 4.69) is 25.7 Å². The molecule has 0 aliphatic carbocycles. The first-order chi connectivity index (χ1) is 13.7. The normalized spacial score (nSPS) is 10.6.